The highest BCUT2D eigenvalue weighted by molar-refractivity contribution is 5.89. The first-order valence-corrected chi connectivity index (χ1v) is 9.35. The Bertz CT molecular complexity index is 1170. The second kappa shape index (κ2) is 7.84. The van der Waals surface area contributed by atoms with E-state index >= 15 is 0 Å². The van der Waals surface area contributed by atoms with Gasteiger partial charge >= 0.3 is 0 Å². The molecule has 5 atom stereocenters. The number of rotatable bonds is 3. The summed E-state index contributed by atoms with van der Waals surface area (Å²) >= 11 is 0. The molecular formula is C21H20O10. The van der Waals surface area contributed by atoms with Crippen molar-refractivity contribution >= 4 is 11.0 Å². The highest BCUT2D eigenvalue weighted by atomic mass is 16.5. The third-order valence-electron chi connectivity index (χ3n) is 5.33. The van der Waals surface area contributed by atoms with E-state index in [0.29, 0.717) is 5.56 Å². The van der Waals surface area contributed by atoms with Crippen LogP contribution in [0.25, 0.3) is 22.3 Å². The fourth-order valence-electron chi connectivity index (χ4n) is 3.70. The number of phenols is 3. The van der Waals surface area contributed by atoms with E-state index in [0.717, 1.165) is 12.1 Å². The number of aliphatic hydroxyl groups excluding tert-OH is 4. The number of benzene rings is 2. The van der Waals surface area contributed by atoms with E-state index in [9.17, 15) is 40.5 Å². The monoisotopic (exact) mass is 432 g/mol. The fraction of sp³-hybridized carbons (Fsp3) is 0.286. The second-order valence-corrected chi connectivity index (χ2v) is 7.30. The Labute approximate surface area is 174 Å². The summed E-state index contributed by atoms with van der Waals surface area (Å²) < 4.78 is 11.3. The largest absolute Gasteiger partial charge is 0.508 e. The maximum Gasteiger partial charge on any atom is 0.197 e. The molecule has 1 aliphatic heterocycles. The number of fused-ring (bicyclic) bond motifs is 1. The zero-order valence-electron chi connectivity index (χ0n) is 15.9. The summed E-state index contributed by atoms with van der Waals surface area (Å²) in [5, 5.41) is 70.0. The highest BCUT2D eigenvalue weighted by Crippen LogP contribution is 2.43. The summed E-state index contributed by atoms with van der Waals surface area (Å²) in [5.41, 5.74) is -0.813. The summed E-state index contributed by atoms with van der Waals surface area (Å²) in [5.74, 6) is -1.15. The summed E-state index contributed by atoms with van der Waals surface area (Å²) in [4.78, 5) is 12.7. The van der Waals surface area contributed by atoms with Crippen LogP contribution in [0.15, 0.2) is 45.6 Å². The topological polar surface area (TPSA) is 181 Å². The maximum absolute atomic E-state index is 12.7. The van der Waals surface area contributed by atoms with Gasteiger partial charge in [0.25, 0.3) is 0 Å². The van der Waals surface area contributed by atoms with E-state index in [2.05, 4.69) is 0 Å². The van der Waals surface area contributed by atoms with Crippen molar-refractivity contribution in [2.75, 3.05) is 6.61 Å². The van der Waals surface area contributed by atoms with Crippen LogP contribution in [0.5, 0.6) is 17.2 Å². The van der Waals surface area contributed by atoms with Crippen LogP contribution in [0.4, 0.5) is 0 Å². The van der Waals surface area contributed by atoms with E-state index < -0.39 is 54.1 Å². The van der Waals surface area contributed by atoms with Crippen molar-refractivity contribution in [2.24, 2.45) is 0 Å². The van der Waals surface area contributed by atoms with E-state index in [4.69, 9.17) is 9.15 Å². The van der Waals surface area contributed by atoms with Crippen LogP contribution in [0, 0.1) is 0 Å². The third-order valence-corrected chi connectivity index (χ3v) is 5.33. The van der Waals surface area contributed by atoms with Crippen LogP contribution in [-0.4, -0.2) is 66.8 Å². The predicted octanol–water partition coefficient (Wildman–Crippen LogP) is 0.0917. The minimum atomic E-state index is -1.75. The van der Waals surface area contributed by atoms with Crippen molar-refractivity contribution in [2.45, 2.75) is 30.5 Å². The molecule has 0 amide bonds. The molecule has 0 radical (unpaired) electrons. The molecule has 0 bridgehead atoms. The quantitative estimate of drug-likeness (QED) is 0.300. The van der Waals surface area contributed by atoms with Crippen LogP contribution in [-0.2, 0) is 4.74 Å². The summed E-state index contributed by atoms with van der Waals surface area (Å²) in [6.45, 7) is -0.694. The molecule has 0 unspecified atom stereocenters. The van der Waals surface area contributed by atoms with Crippen LogP contribution < -0.4 is 5.43 Å². The van der Waals surface area contributed by atoms with Gasteiger partial charge in [0.15, 0.2) is 11.0 Å². The van der Waals surface area contributed by atoms with Gasteiger partial charge in [0.1, 0.15) is 58.9 Å². The van der Waals surface area contributed by atoms with Gasteiger partial charge in [-0.15, -0.1) is 0 Å². The number of hydrogen-bond acceptors (Lipinski definition) is 10. The Balaban J connectivity index is 1.96. The van der Waals surface area contributed by atoms with Crippen LogP contribution in [0.2, 0.25) is 0 Å². The first kappa shape index (κ1) is 21.1. The minimum absolute atomic E-state index is 0.0100. The average Bonchev–Trinajstić information content (AvgIpc) is 2.73. The molecule has 2 aromatic carbocycles. The Kier molecular flexibility index (Phi) is 5.33. The van der Waals surface area contributed by atoms with Gasteiger partial charge in [0.2, 0.25) is 0 Å². The van der Waals surface area contributed by atoms with Crippen LogP contribution in [0.1, 0.15) is 11.7 Å². The van der Waals surface area contributed by atoms with E-state index in [-0.39, 0.29) is 28.0 Å². The van der Waals surface area contributed by atoms with Gasteiger partial charge in [-0.1, -0.05) is 0 Å². The maximum atomic E-state index is 12.7. The SMILES string of the molecule is O=c1cc(-c2ccc(O)cc2)oc2c([C@@H]3O[C@H](CO)[C@H](O)[C@H](O)[C@@H]3O)c(O)cc(O)c12. The number of phenolic OH excluding ortho intramolecular Hbond substituents is 3. The van der Waals surface area contributed by atoms with Crippen molar-refractivity contribution in [3.63, 3.8) is 0 Å². The van der Waals surface area contributed by atoms with Gasteiger partial charge in [-0.3, -0.25) is 4.79 Å². The molecule has 0 saturated carbocycles. The van der Waals surface area contributed by atoms with Gasteiger partial charge in [-0.25, -0.2) is 0 Å². The third kappa shape index (κ3) is 3.50. The molecule has 0 spiro atoms. The number of ether oxygens (including phenoxy) is 1. The van der Waals surface area contributed by atoms with Crippen molar-refractivity contribution < 1.29 is 44.9 Å². The zero-order valence-corrected chi connectivity index (χ0v) is 15.9. The lowest BCUT2D eigenvalue weighted by atomic mass is 9.89. The van der Waals surface area contributed by atoms with E-state index in [1.54, 1.807) is 0 Å². The molecule has 7 N–H and O–H groups in total. The van der Waals surface area contributed by atoms with Crippen molar-refractivity contribution in [3.8, 4) is 28.6 Å². The van der Waals surface area contributed by atoms with Crippen LogP contribution >= 0.6 is 0 Å². The van der Waals surface area contributed by atoms with Gasteiger partial charge in [0, 0.05) is 17.7 Å². The Morgan fingerprint density at radius 3 is 2.19 bits per heavy atom. The molecule has 2 heterocycles. The molecule has 31 heavy (non-hydrogen) atoms. The number of aliphatic hydroxyl groups is 4. The number of aromatic hydroxyl groups is 3. The molecule has 1 saturated heterocycles. The molecule has 0 aliphatic carbocycles. The molecule has 3 aromatic rings. The molecule has 4 rings (SSSR count). The Morgan fingerprint density at radius 2 is 1.55 bits per heavy atom. The van der Waals surface area contributed by atoms with E-state index in [1.165, 1.54) is 24.3 Å². The first-order valence-electron chi connectivity index (χ1n) is 9.35. The first-order chi connectivity index (χ1) is 14.7. The van der Waals surface area contributed by atoms with Crippen molar-refractivity contribution in [1.29, 1.82) is 0 Å². The minimum Gasteiger partial charge on any atom is -0.508 e. The summed E-state index contributed by atoms with van der Waals surface area (Å²) in [6.07, 6.45) is -7.87. The standard InChI is InChI=1S/C21H20O10/c22-7-14-17(27)18(28)19(29)21(31-14)16-11(25)5-10(24)15-12(26)6-13(30-20(15)16)8-1-3-9(23)4-2-8/h1-6,14,17-19,21-25,27-29H,7H2/t14-,17+,18+,19+,21+/m1/s1. The summed E-state index contributed by atoms with van der Waals surface area (Å²) in [7, 11) is 0. The Hall–Kier alpha value is -3.15. The number of hydrogen-bond donors (Lipinski definition) is 7. The summed E-state index contributed by atoms with van der Waals surface area (Å²) in [6, 6.07) is 7.69. The van der Waals surface area contributed by atoms with Gasteiger partial charge in [0.05, 0.1) is 12.2 Å². The van der Waals surface area contributed by atoms with Gasteiger partial charge in [-0.2, -0.15) is 0 Å². The molecule has 10 nitrogen and oxygen atoms in total. The Morgan fingerprint density at radius 1 is 0.871 bits per heavy atom. The zero-order chi connectivity index (χ0) is 22.4. The van der Waals surface area contributed by atoms with Crippen LogP contribution in [0.3, 0.4) is 0 Å². The normalized spacial score (nSPS) is 26.3. The average molecular weight is 432 g/mol. The fourth-order valence-corrected chi connectivity index (χ4v) is 3.70. The van der Waals surface area contributed by atoms with Crippen molar-refractivity contribution in [3.05, 3.63) is 52.2 Å². The van der Waals surface area contributed by atoms with E-state index in [1.807, 2.05) is 0 Å². The van der Waals surface area contributed by atoms with Gasteiger partial charge in [-0.05, 0) is 24.3 Å². The second-order valence-electron chi connectivity index (χ2n) is 7.30. The van der Waals surface area contributed by atoms with Gasteiger partial charge < -0.3 is 44.9 Å². The molecular weight excluding hydrogens is 412 g/mol. The molecule has 1 aromatic heterocycles. The molecule has 164 valence electrons. The highest BCUT2D eigenvalue weighted by Gasteiger charge is 2.46. The lowest BCUT2D eigenvalue weighted by molar-refractivity contribution is -0.231. The predicted molar refractivity (Wildman–Crippen MR) is 106 cm³/mol. The smallest absolute Gasteiger partial charge is 0.197 e. The lowest BCUT2D eigenvalue weighted by Crippen LogP contribution is -2.55. The molecule has 1 fully saturated rings. The lowest BCUT2D eigenvalue weighted by Gasteiger charge is -2.40. The van der Waals surface area contributed by atoms with Crippen molar-refractivity contribution in [1.82, 2.24) is 0 Å². The molecule has 1 aliphatic rings. The molecule has 10 heteroatoms.